The van der Waals surface area contributed by atoms with Crippen LogP contribution in [0.5, 0.6) is 5.75 Å². The van der Waals surface area contributed by atoms with Crippen molar-refractivity contribution in [1.29, 1.82) is 0 Å². The SMILES string of the molecule is CCCNCC(Cc1ccsc1)Cc1cccc(OC)c1. The summed E-state index contributed by atoms with van der Waals surface area (Å²) in [5, 5.41) is 7.99. The zero-order valence-electron chi connectivity index (χ0n) is 13.0. The summed E-state index contributed by atoms with van der Waals surface area (Å²) in [6.45, 7) is 4.38. The molecule has 0 aliphatic heterocycles. The van der Waals surface area contributed by atoms with Crippen molar-refractivity contribution in [2.45, 2.75) is 26.2 Å². The van der Waals surface area contributed by atoms with Crippen molar-refractivity contribution in [2.24, 2.45) is 5.92 Å². The van der Waals surface area contributed by atoms with Crippen molar-refractivity contribution in [3.05, 3.63) is 52.2 Å². The highest BCUT2D eigenvalue weighted by molar-refractivity contribution is 7.07. The Balaban J connectivity index is 1.99. The first kappa shape index (κ1) is 16.1. The fraction of sp³-hybridized carbons (Fsp3) is 0.444. The van der Waals surface area contributed by atoms with Gasteiger partial charge in [0.15, 0.2) is 0 Å². The largest absolute Gasteiger partial charge is 0.497 e. The molecule has 1 aromatic heterocycles. The number of thiophene rings is 1. The first-order valence-corrected chi connectivity index (χ1v) is 8.60. The Labute approximate surface area is 132 Å². The van der Waals surface area contributed by atoms with Gasteiger partial charge < -0.3 is 10.1 Å². The molecule has 0 saturated heterocycles. The minimum Gasteiger partial charge on any atom is -0.497 e. The normalized spacial score (nSPS) is 12.3. The molecule has 1 heterocycles. The van der Waals surface area contributed by atoms with Gasteiger partial charge in [-0.15, -0.1) is 0 Å². The third-order valence-electron chi connectivity index (χ3n) is 3.62. The highest BCUT2D eigenvalue weighted by Gasteiger charge is 2.11. The minimum atomic E-state index is 0.623. The van der Waals surface area contributed by atoms with E-state index in [1.165, 1.54) is 17.5 Å². The maximum Gasteiger partial charge on any atom is 0.119 e. The van der Waals surface area contributed by atoms with E-state index in [-0.39, 0.29) is 0 Å². The van der Waals surface area contributed by atoms with Crippen molar-refractivity contribution in [3.63, 3.8) is 0 Å². The molecule has 3 heteroatoms. The molecule has 114 valence electrons. The highest BCUT2D eigenvalue weighted by atomic mass is 32.1. The Hall–Kier alpha value is -1.32. The molecule has 1 unspecified atom stereocenters. The van der Waals surface area contributed by atoms with Gasteiger partial charge >= 0.3 is 0 Å². The average molecular weight is 303 g/mol. The first-order valence-electron chi connectivity index (χ1n) is 7.66. The number of rotatable bonds is 9. The summed E-state index contributed by atoms with van der Waals surface area (Å²) in [5.74, 6) is 1.57. The van der Waals surface area contributed by atoms with E-state index in [0.717, 1.165) is 31.7 Å². The van der Waals surface area contributed by atoms with Gasteiger partial charge in [0.25, 0.3) is 0 Å². The molecular formula is C18H25NOS. The Bertz CT molecular complexity index is 510. The van der Waals surface area contributed by atoms with Crippen molar-refractivity contribution < 1.29 is 4.74 Å². The van der Waals surface area contributed by atoms with Crippen molar-refractivity contribution >= 4 is 11.3 Å². The molecule has 1 aromatic carbocycles. The molecule has 0 fully saturated rings. The first-order chi connectivity index (χ1) is 10.3. The zero-order valence-corrected chi connectivity index (χ0v) is 13.8. The Morgan fingerprint density at radius 2 is 2.05 bits per heavy atom. The summed E-state index contributed by atoms with van der Waals surface area (Å²) in [5.41, 5.74) is 2.80. The summed E-state index contributed by atoms with van der Waals surface area (Å²) >= 11 is 1.78. The number of benzene rings is 1. The quantitative estimate of drug-likeness (QED) is 0.702. The van der Waals surface area contributed by atoms with Crippen LogP contribution in [0.3, 0.4) is 0 Å². The van der Waals surface area contributed by atoms with Crippen LogP contribution in [0.4, 0.5) is 0 Å². The Morgan fingerprint density at radius 3 is 2.76 bits per heavy atom. The molecule has 2 aromatic rings. The lowest BCUT2D eigenvalue weighted by Crippen LogP contribution is -2.26. The summed E-state index contributed by atoms with van der Waals surface area (Å²) in [6, 6.07) is 10.7. The summed E-state index contributed by atoms with van der Waals surface area (Å²) in [7, 11) is 1.73. The standard InChI is InChI=1S/C18H25NOS/c1-3-8-19-13-17(11-16-7-9-21-14-16)10-15-5-4-6-18(12-15)20-2/h4-7,9,12,14,17,19H,3,8,10-11,13H2,1-2H3. The molecule has 2 nitrogen and oxygen atoms in total. The predicted octanol–water partition coefficient (Wildman–Crippen LogP) is 4.16. The molecular weight excluding hydrogens is 278 g/mol. The average Bonchev–Trinajstić information content (AvgIpc) is 3.00. The van der Waals surface area contributed by atoms with Gasteiger partial charge in [-0.2, -0.15) is 11.3 Å². The third kappa shape index (κ3) is 5.52. The molecule has 0 spiro atoms. The molecule has 0 bridgehead atoms. The maximum atomic E-state index is 5.33. The van der Waals surface area contributed by atoms with Gasteiger partial charge in [-0.3, -0.25) is 0 Å². The number of hydrogen-bond acceptors (Lipinski definition) is 3. The maximum absolute atomic E-state index is 5.33. The topological polar surface area (TPSA) is 21.3 Å². The summed E-state index contributed by atoms with van der Waals surface area (Å²) in [4.78, 5) is 0. The fourth-order valence-corrected chi connectivity index (χ4v) is 3.26. The van der Waals surface area contributed by atoms with Crippen LogP contribution in [0, 0.1) is 5.92 Å². The van der Waals surface area contributed by atoms with Crippen LogP contribution in [0.2, 0.25) is 0 Å². The van der Waals surface area contributed by atoms with Gasteiger partial charge in [0.2, 0.25) is 0 Å². The Kier molecular flexibility index (Phi) is 6.77. The molecule has 1 N–H and O–H groups in total. The van der Waals surface area contributed by atoms with Crippen LogP contribution in [-0.4, -0.2) is 20.2 Å². The van der Waals surface area contributed by atoms with E-state index < -0.39 is 0 Å². The molecule has 1 atom stereocenters. The molecule has 0 aliphatic rings. The van der Waals surface area contributed by atoms with Crippen LogP contribution >= 0.6 is 11.3 Å². The van der Waals surface area contributed by atoms with E-state index in [2.05, 4.69) is 47.3 Å². The van der Waals surface area contributed by atoms with Crippen LogP contribution in [0.1, 0.15) is 24.5 Å². The monoisotopic (exact) mass is 303 g/mol. The zero-order chi connectivity index (χ0) is 14.9. The number of methoxy groups -OCH3 is 1. The summed E-state index contributed by atoms with van der Waals surface area (Å²) < 4.78 is 5.33. The van der Waals surface area contributed by atoms with E-state index in [4.69, 9.17) is 4.74 Å². The van der Waals surface area contributed by atoms with E-state index in [9.17, 15) is 0 Å². The number of ether oxygens (including phenoxy) is 1. The lowest BCUT2D eigenvalue weighted by atomic mass is 9.93. The fourth-order valence-electron chi connectivity index (χ4n) is 2.57. The molecule has 0 radical (unpaired) electrons. The van der Waals surface area contributed by atoms with Gasteiger partial charge in [0, 0.05) is 0 Å². The molecule has 0 aliphatic carbocycles. The third-order valence-corrected chi connectivity index (χ3v) is 4.35. The second kappa shape index (κ2) is 8.85. The lowest BCUT2D eigenvalue weighted by Gasteiger charge is -2.17. The number of hydrogen-bond donors (Lipinski definition) is 1. The van der Waals surface area contributed by atoms with Crippen LogP contribution in [0.25, 0.3) is 0 Å². The van der Waals surface area contributed by atoms with Crippen molar-refractivity contribution in [2.75, 3.05) is 20.2 Å². The van der Waals surface area contributed by atoms with E-state index in [1.54, 1.807) is 18.4 Å². The smallest absolute Gasteiger partial charge is 0.119 e. The molecule has 21 heavy (non-hydrogen) atoms. The van der Waals surface area contributed by atoms with E-state index in [1.807, 2.05) is 6.07 Å². The number of nitrogens with one attached hydrogen (secondary N) is 1. The van der Waals surface area contributed by atoms with Crippen LogP contribution in [-0.2, 0) is 12.8 Å². The predicted molar refractivity (Wildman–Crippen MR) is 91.4 cm³/mol. The van der Waals surface area contributed by atoms with Gasteiger partial charge in [-0.05, 0) is 78.4 Å². The Morgan fingerprint density at radius 1 is 1.19 bits per heavy atom. The van der Waals surface area contributed by atoms with Crippen LogP contribution < -0.4 is 10.1 Å². The van der Waals surface area contributed by atoms with Crippen molar-refractivity contribution in [1.82, 2.24) is 5.32 Å². The van der Waals surface area contributed by atoms with Gasteiger partial charge in [-0.25, -0.2) is 0 Å². The van der Waals surface area contributed by atoms with E-state index in [0.29, 0.717) is 5.92 Å². The van der Waals surface area contributed by atoms with Gasteiger partial charge in [-0.1, -0.05) is 19.1 Å². The highest BCUT2D eigenvalue weighted by Crippen LogP contribution is 2.19. The second-order valence-corrected chi connectivity index (χ2v) is 6.24. The lowest BCUT2D eigenvalue weighted by molar-refractivity contribution is 0.413. The molecule has 0 amide bonds. The molecule has 2 rings (SSSR count). The van der Waals surface area contributed by atoms with Crippen molar-refractivity contribution in [3.8, 4) is 5.75 Å². The second-order valence-electron chi connectivity index (χ2n) is 5.46. The molecule has 0 saturated carbocycles. The minimum absolute atomic E-state index is 0.623. The summed E-state index contributed by atoms with van der Waals surface area (Å²) in [6.07, 6.45) is 3.41. The van der Waals surface area contributed by atoms with Gasteiger partial charge in [0.1, 0.15) is 5.75 Å². The van der Waals surface area contributed by atoms with Crippen LogP contribution in [0.15, 0.2) is 41.1 Å². The van der Waals surface area contributed by atoms with E-state index >= 15 is 0 Å². The van der Waals surface area contributed by atoms with Gasteiger partial charge in [0.05, 0.1) is 7.11 Å².